The number of carbonyl (C=O) groups is 2. The first-order valence-electron chi connectivity index (χ1n) is 6.13. The number of aliphatic carboxylic acids is 1. The summed E-state index contributed by atoms with van der Waals surface area (Å²) in [6, 6.07) is -1.68. The molecule has 0 aromatic carbocycles. The number of nitrogens with one attached hydrogen (secondary N) is 1. The molecular formula is C11H17F3N2O4. The lowest BCUT2D eigenvalue weighted by atomic mass is 10.2. The number of hydrogen-bond donors (Lipinski definition) is 2. The SMILES string of the molecule is CC(CC(F)(F)F)NC(=O)N1CCOC(CC(=O)O)C1. The van der Waals surface area contributed by atoms with Gasteiger partial charge in [-0.2, -0.15) is 13.2 Å². The Morgan fingerprint density at radius 1 is 1.50 bits per heavy atom. The third-order valence-electron chi connectivity index (χ3n) is 2.74. The van der Waals surface area contributed by atoms with Crippen molar-refractivity contribution in [1.29, 1.82) is 0 Å². The zero-order valence-corrected chi connectivity index (χ0v) is 10.9. The van der Waals surface area contributed by atoms with E-state index < -0.39 is 36.7 Å². The minimum Gasteiger partial charge on any atom is -0.481 e. The summed E-state index contributed by atoms with van der Waals surface area (Å²) in [7, 11) is 0. The zero-order valence-electron chi connectivity index (χ0n) is 10.9. The molecule has 0 aromatic rings. The number of carboxylic acid groups (broad SMARTS) is 1. The van der Waals surface area contributed by atoms with Crippen LogP contribution < -0.4 is 5.32 Å². The predicted molar refractivity (Wildman–Crippen MR) is 62.2 cm³/mol. The minimum atomic E-state index is -4.34. The number of nitrogens with zero attached hydrogens (tertiary/aromatic N) is 1. The molecule has 6 nitrogen and oxygen atoms in total. The summed E-state index contributed by atoms with van der Waals surface area (Å²) in [6.07, 6.45) is -6.34. The van der Waals surface area contributed by atoms with Crippen molar-refractivity contribution in [2.75, 3.05) is 19.7 Å². The number of amides is 2. The molecule has 0 radical (unpaired) electrons. The van der Waals surface area contributed by atoms with E-state index in [1.54, 1.807) is 0 Å². The van der Waals surface area contributed by atoms with Crippen LogP contribution in [0.2, 0.25) is 0 Å². The van der Waals surface area contributed by atoms with Crippen LogP contribution >= 0.6 is 0 Å². The summed E-state index contributed by atoms with van der Waals surface area (Å²) in [6.45, 7) is 1.71. The van der Waals surface area contributed by atoms with E-state index in [1.807, 2.05) is 0 Å². The quantitative estimate of drug-likeness (QED) is 0.818. The molecule has 0 aliphatic carbocycles. The third-order valence-corrected chi connectivity index (χ3v) is 2.74. The van der Waals surface area contributed by atoms with Gasteiger partial charge in [0.1, 0.15) is 0 Å². The van der Waals surface area contributed by atoms with Gasteiger partial charge in [0.05, 0.1) is 25.6 Å². The van der Waals surface area contributed by atoms with E-state index in [-0.39, 0.29) is 26.1 Å². The number of carboxylic acids is 1. The Morgan fingerprint density at radius 2 is 2.15 bits per heavy atom. The van der Waals surface area contributed by atoms with Crippen LogP contribution in [-0.2, 0) is 9.53 Å². The molecule has 2 unspecified atom stereocenters. The average molecular weight is 298 g/mol. The molecule has 2 amide bonds. The Morgan fingerprint density at radius 3 is 2.70 bits per heavy atom. The highest BCUT2D eigenvalue weighted by atomic mass is 19.4. The van der Waals surface area contributed by atoms with Crippen LogP contribution in [0.15, 0.2) is 0 Å². The molecule has 0 saturated carbocycles. The van der Waals surface area contributed by atoms with E-state index in [4.69, 9.17) is 9.84 Å². The average Bonchev–Trinajstić information content (AvgIpc) is 2.25. The summed E-state index contributed by atoms with van der Waals surface area (Å²) < 4.78 is 41.6. The lowest BCUT2D eigenvalue weighted by Gasteiger charge is -2.33. The maximum absolute atomic E-state index is 12.2. The van der Waals surface area contributed by atoms with Crippen molar-refractivity contribution in [1.82, 2.24) is 10.2 Å². The summed E-state index contributed by atoms with van der Waals surface area (Å²) in [5, 5.41) is 10.9. The second kappa shape index (κ2) is 6.78. The Hall–Kier alpha value is -1.51. The fourth-order valence-corrected chi connectivity index (χ4v) is 1.92. The first-order valence-corrected chi connectivity index (χ1v) is 6.13. The Kier molecular flexibility index (Phi) is 5.61. The molecular weight excluding hydrogens is 281 g/mol. The highest BCUT2D eigenvalue weighted by Gasteiger charge is 2.32. The molecule has 2 N–H and O–H groups in total. The monoisotopic (exact) mass is 298 g/mol. The van der Waals surface area contributed by atoms with Crippen LogP contribution in [0.4, 0.5) is 18.0 Å². The molecule has 0 aromatic heterocycles. The predicted octanol–water partition coefficient (Wildman–Crippen LogP) is 1.21. The Labute approximate surface area is 113 Å². The number of halogens is 3. The van der Waals surface area contributed by atoms with Crippen LogP contribution in [0.5, 0.6) is 0 Å². The number of rotatable bonds is 4. The lowest BCUT2D eigenvalue weighted by molar-refractivity contribution is -0.142. The van der Waals surface area contributed by atoms with E-state index in [0.717, 1.165) is 0 Å². The standard InChI is InChI=1S/C11H17F3N2O4/c1-7(5-11(12,13)14)15-10(19)16-2-3-20-8(6-16)4-9(17)18/h7-8H,2-6H2,1H3,(H,15,19)(H,17,18). The van der Waals surface area contributed by atoms with Crippen LogP contribution in [0.3, 0.4) is 0 Å². The van der Waals surface area contributed by atoms with Gasteiger partial charge in [-0.15, -0.1) is 0 Å². The van der Waals surface area contributed by atoms with Gasteiger partial charge in [0.2, 0.25) is 0 Å². The van der Waals surface area contributed by atoms with Gasteiger partial charge in [0.25, 0.3) is 0 Å². The largest absolute Gasteiger partial charge is 0.481 e. The van der Waals surface area contributed by atoms with Gasteiger partial charge >= 0.3 is 18.2 Å². The van der Waals surface area contributed by atoms with E-state index in [1.165, 1.54) is 11.8 Å². The first kappa shape index (κ1) is 16.5. The number of alkyl halides is 3. The molecule has 116 valence electrons. The van der Waals surface area contributed by atoms with E-state index >= 15 is 0 Å². The second-order valence-electron chi connectivity index (χ2n) is 4.71. The molecule has 1 aliphatic heterocycles. The number of carbonyl (C=O) groups excluding carboxylic acids is 1. The van der Waals surface area contributed by atoms with Crippen molar-refractivity contribution >= 4 is 12.0 Å². The molecule has 0 spiro atoms. The molecule has 9 heteroatoms. The molecule has 2 atom stereocenters. The lowest BCUT2D eigenvalue weighted by Crippen LogP contribution is -2.52. The Balaban J connectivity index is 2.44. The van der Waals surface area contributed by atoms with Gasteiger partial charge < -0.3 is 20.1 Å². The van der Waals surface area contributed by atoms with Gasteiger partial charge in [-0.05, 0) is 6.92 Å². The maximum atomic E-state index is 12.2. The molecule has 1 rings (SSSR count). The van der Waals surface area contributed by atoms with Gasteiger partial charge in [-0.1, -0.05) is 0 Å². The van der Waals surface area contributed by atoms with Crippen LogP contribution in [0, 0.1) is 0 Å². The molecule has 1 heterocycles. The smallest absolute Gasteiger partial charge is 0.391 e. The number of morpholine rings is 1. The van der Waals surface area contributed by atoms with Crippen molar-refractivity contribution in [3.63, 3.8) is 0 Å². The third kappa shape index (κ3) is 6.09. The maximum Gasteiger partial charge on any atom is 0.391 e. The number of ether oxygens (including phenoxy) is 1. The fraction of sp³-hybridized carbons (Fsp3) is 0.818. The van der Waals surface area contributed by atoms with E-state index in [2.05, 4.69) is 5.32 Å². The summed E-state index contributed by atoms with van der Waals surface area (Å²) >= 11 is 0. The zero-order chi connectivity index (χ0) is 15.3. The van der Waals surface area contributed by atoms with Gasteiger partial charge in [-0.3, -0.25) is 4.79 Å². The van der Waals surface area contributed by atoms with Crippen molar-refractivity contribution in [2.45, 2.75) is 38.1 Å². The summed E-state index contributed by atoms with van der Waals surface area (Å²) in [5.74, 6) is -1.05. The number of urea groups is 1. The van der Waals surface area contributed by atoms with Gasteiger partial charge in [-0.25, -0.2) is 4.79 Å². The van der Waals surface area contributed by atoms with Crippen LogP contribution in [0.1, 0.15) is 19.8 Å². The topological polar surface area (TPSA) is 78.9 Å². The molecule has 0 bridgehead atoms. The molecule has 20 heavy (non-hydrogen) atoms. The summed E-state index contributed by atoms with van der Waals surface area (Å²) in [4.78, 5) is 23.6. The van der Waals surface area contributed by atoms with Gasteiger partial charge in [0, 0.05) is 19.1 Å². The normalized spacial score (nSPS) is 21.4. The van der Waals surface area contributed by atoms with E-state index in [9.17, 15) is 22.8 Å². The summed E-state index contributed by atoms with van der Waals surface area (Å²) in [5.41, 5.74) is 0. The highest BCUT2D eigenvalue weighted by molar-refractivity contribution is 5.75. The minimum absolute atomic E-state index is 0.0525. The van der Waals surface area contributed by atoms with Crippen LogP contribution in [-0.4, -0.2) is 60.0 Å². The molecule has 1 aliphatic rings. The highest BCUT2D eigenvalue weighted by Crippen LogP contribution is 2.21. The van der Waals surface area contributed by atoms with Crippen molar-refractivity contribution < 1.29 is 32.6 Å². The van der Waals surface area contributed by atoms with E-state index in [0.29, 0.717) is 0 Å². The van der Waals surface area contributed by atoms with Gasteiger partial charge in [0.15, 0.2) is 0 Å². The fourth-order valence-electron chi connectivity index (χ4n) is 1.92. The molecule has 1 saturated heterocycles. The molecule has 1 fully saturated rings. The van der Waals surface area contributed by atoms with Crippen molar-refractivity contribution in [2.24, 2.45) is 0 Å². The van der Waals surface area contributed by atoms with Crippen LogP contribution in [0.25, 0.3) is 0 Å². The Bertz CT molecular complexity index is 362. The first-order chi connectivity index (χ1) is 9.17. The number of hydrogen-bond acceptors (Lipinski definition) is 3. The second-order valence-corrected chi connectivity index (χ2v) is 4.71. The van der Waals surface area contributed by atoms with Crippen molar-refractivity contribution in [3.05, 3.63) is 0 Å². The van der Waals surface area contributed by atoms with Crippen molar-refractivity contribution in [3.8, 4) is 0 Å².